The van der Waals surface area contributed by atoms with Gasteiger partial charge in [0.05, 0.1) is 13.7 Å². The highest BCUT2D eigenvalue weighted by atomic mass is 16.6. The van der Waals surface area contributed by atoms with Gasteiger partial charge in [0.15, 0.2) is 0 Å². The van der Waals surface area contributed by atoms with Gasteiger partial charge in [0.2, 0.25) is 0 Å². The lowest BCUT2D eigenvalue weighted by molar-refractivity contribution is 0.140. The molecule has 1 aliphatic heterocycles. The van der Waals surface area contributed by atoms with Crippen molar-refractivity contribution in [2.75, 3.05) is 13.7 Å². The van der Waals surface area contributed by atoms with Gasteiger partial charge in [-0.2, -0.15) is 0 Å². The highest BCUT2D eigenvalue weighted by Crippen LogP contribution is 2.29. The van der Waals surface area contributed by atoms with E-state index in [9.17, 15) is 4.79 Å². The van der Waals surface area contributed by atoms with Crippen molar-refractivity contribution in [1.82, 2.24) is 5.32 Å². The van der Waals surface area contributed by atoms with E-state index in [1.807, 2.05) is 25.1 Å². The average molecular weight is 207 g/mol. The molecule has 2 rings (SSSR count). The molecular formula is C11H13NO3. The second-order valence-electron chi connectivity index (χ2n) is 3.45. The lowest BCUT2D eigenvalue weighted by atomic mass is 10.0. The third kappa shape index (κ3) is 1.75. The Balaban J connectivity index is 2.32. The number of ether oxygens (including phenoxy) is 2. The van der Waals surface area contributed by atoms with E-state index in [1.165, 1.54) is 0 Å². The average Bonchev–Trinajstić information content (AvgIpc) is 2.65. The highest BCUT2D eigenvalue weighted by molar-refractivity contribution is 5.70. The van der Waals surface area contributed by atoms with Crippen LogP contribution in [0.15, 0.2) is 18.2 Å². The third-order valence-electron chi connectivity index (χ3n) is 2.57. The van der Waals surface area contributed by atoms with Crippen molar-refractivity contribution < 1.29 is 14.3 Å². The van der Waals surface area contributed by atoms with Crippen LogP contribution in [0.1, 0.15) is 17.2 Å². The van der Waals surface area contributed by atoms with Gasteiger partial charge in [-0.1, -0.05) is 12.1 Å². The fourth-order valence-corrected chi connectivity index (χ4v) is 1.76. The number of rotatable bonds is 2. The molecule has 15 heavy (non-hydrogen) atoms. The summed E-state index contributed by atoms with van der Waals surface area (Å²) < 4.78 is 10.3. The van der Waals surface area contributed by atoms with Gasteiger partial charge in [-0.15, -0.1) is 0 Å². The topological polar surface area (TPSA) is 47.6 Å². The third-order valence-corrected chi connectivity index (χ3v) is 2.57. The monoisotopic (exact) mass is 207 g/mol. The van der Waals surface area contributed by atoms with Crippen molar-refractivity contribution in [3.63, 3.8) is 0 Å². The summed E-state index contributed by atoms with van der Waals surface area (Å²) in [5.41, 5.74) is 2.01. The molecule has 80 valence electrons. The summed E-state index contributed by atoms with van der Waals surface area (Å²) >= 11 is 0. The summed E-state index contributed by atoms with van der Waals surface area (Å²) in [5, 5.41) is 2.63. The zero-order chi connectivity index (χ0) is 10.8. The zero-order valence-corrected chi connectivity index (χ0v) is 8.74. The maximum atomic E-state index is 10.9. The summed E-state index contributed by atoms with van der Waals surface area (Å²) in [6, 6.07) is 5.74. The van der Waals surface area contributed by atoms with Crippen LogP contribution in [0.4, 0.5) is 4.79 Å². The first-order valence-corrected chi connectivity index (χ1v) is 4.80. The van der Waals surface area contributed by atoms with Crippen molar-refractivity contribution in [1.29, 1.82) is 0 Å². The van der Waals surface area contributed by atoms with E-state index in [4.69, 9.17) is 9.47 Å². The van der Waals surface area contributed by atoms with E-state index in [-0.39, 0.29) is 12.2 Å². The number of hydrogen-bond acceptors (Lipinski definition) is 3. The van der Waals surface area contributed by atoms with Crippen LogP contribution in [-0.4, -0.2) is 19.7 Å². The first-order valence-electron chi connectivity index (χ1n) is 4.80. The zero-order valence-electron chi connectivity index (χ0n) is 8.74. The Labute approximate surface area is 88.2 Å². The predicted molar refractivity (Wildman–Crippen MR) is 55.0 cm³/mol. The minimum Gasteiger partial charge on any atom is -0.496 e. The molecule has 4 heteroatoms. The molecule has 1 amide bonds. The number of carbonyl (C=O) groups is 1. The van der Waals surface area contributed by atoms with Gasteiger partial charge in [0.1, 0.15) is 11.9 Å². The number of amides is 1. The first kappa shape index (κ1) is 9.83. The number of benzene rings is 1. The molecule has 1 N–H and O–H groups in total. The molecule has 0 bridgehead atoms. The summed E-state index contributed by atoms with van der Waals surface area (Å²) in [7, 11) is 1.63. The van der Waals surface area contributed by atoms with Gasteiger partial charge in [-0.05, 0) is 18.6 Å². The maximum absolute atomic E-state index is 10.9. The van der Waals surface area contributed by atoms with Gasteiger partial charge in [-0.25, -0.2) is 4.79 Å². The molecule has 1 aromatic rings. The molecule has 0 saturated carbocycles. The number of hydrogen-bond donors (Lipinski definition) is 1. The molecule has 1 heterocycles. The van der Waals surface area contributed by atoms with Gasteiger partial charge >= 0.3 is 6.09 Å². The molecule has 0 aromatic heterocycles. The molecule has 1 aliphatic rings. The highest BCUT2D eigenvalue weighted by Gasteiger charge is 2.26. The van der Waals surface area contributed by atoms with Crippen LogP contribution in [-0.2, 0) is 4.74 Å². The van der Waals surface area contributed by atoms with Gasteiger partial charge in [0.25, 0.3) is 0 Å². The largest absolute Gasteiger partial charge is 0.496 e. The molecule has 0 radical (unpaired) electrons. The second kappa shape index (κ2) is 3.81. The lowest BCUT2D eigenvalue weighted by Crippen LogP contribution is -2.12. The number of nitrogens with one attached hydrogen (secondary N) is 1. The predicted octanol–water partition coefficient (Wildman–Crippen LogP) is 1.78. The number of cyclic esters (lactones) is 1. The van der Waals surface area contributed by atoms with Crippen molar-refractivity contribution in [2.45, 2.75) is 13.0 Å². The normalized spacial score (nSPS) is 19.6. The van der Waals surface area contributed by atoms with Crippen LogP contribution in [0, 0.1) is 6.92 Å². The van der Waals surface area contributed by atoms with E-state index in [0.29, 0.717) is 6.54 Å². The van der Waals surface area contributed by atoms with Crippen LogP contribution < -0.4 is 10.1 Å². The number of alkyl carbamates (subject to hydrolysis) is 1. The molecule has 1 aromatic carbocycles. The van der Waals surface area contributed by atoms with E-state index >= 15 is 0 Å². The Morgan fingerprint density at radius 1 is 1.53 bits per heavy atom. The van der Waals surface area contributed by atoms with Gasteiger partial charge < -0.3 is 14.8 Å². The van der Waals surface area contributed by atoms with Crippen molar-refractivity contribution >= 4 is 6.09 Å². The molecule has 0 aliphatic carbocycles. The van der Waals surface area contributed by atoms with Crippen LogP contribution in [0.5, 0.6) is 5.75 Å². The Hall–Kier alpha value is -1.71. The Bertz CT molecular complexity index is 389. The molecule has 4 nitrogen and oxygen atoms in total. The molecule has 1 saturated heterocycles. The molecule has 1 fully saturated rings. The molecule has 1 unspecified atom stereocenters. The fourth-order valence-electron chi connectivity index (χ4n) is 1.76. The summed E-state index contributed by atoms with van der Waals surface area (Å²) in [6.07, 6.45) is -0.560. The van der Waals surface area contributed by atoms with Crippen LogP contribution in [0.2, 0.25) is 0 Å². The van der Waals surface area contributed by atoms with Crippen LogP contribution in [0.25, 0.3) is 0 Å². The van der Waals surface area contributed by atoms with Gasteiger partial charge in [-0.3, -0.25) is 0 Å². The Kier molecular flexibility index (Phi) is 2.49. The van der Waals surface area contributed by atoms with E-state index in [0.717, 1.165) is 16.9 Å². The first-order chi connectivity index (χ1) is 7.22. The summed E-state index contributed by atoms with van der Waals surface area (Å²) in [6.45, 7) is 2.48. The van der Waals surface area contributed by atoms with E-state index in [2.05, 4.69) is 5.32 Å². The van der Waals surface area contributed by atoms with Crippen LogP contribution in [0.3, 0.4) is 0 Å². The fraction of sp³-hybridized carbons (Fsp3) is 0.364. The van der Waals surface area contributed by atoms with E-state index in [1.54, 1.807) is 7.11 Å². The summed E-state index contributed by atoms with van der Waals surface area (Å²) in [4.78, 5) is 10.9. The Morgan fingerprint density at radius 3 is 2.93 bits per heavy atom. The van der Waals surface area contributed by atoms with Crippen molar-refractivity contribution in [2.24, 2.45) is 0 Å². The smallest absolute Gasteiger partial charge is 0.407 e. The second-order valence-corrected chi connectivity index (χ2v) is 3.45. The van der Waals surface area contributed by atoms with Gasteiger partial charge in [0, 0.05) is 5.56 Å². The SMILES string of the molecule is COc1cccc(C2CNC(=O)O2)c1C. The Morgan fingerprint density at radius 2 is 2.33 bits per heavy atom. The molecular weight excluding hydrogens is 194 g/mol. The standard InChI is InChI=1S/C11H13NO3/c1-7-8(4-3-5-9(7)14-2)10-6-12-11(13)15-10/h3-5,10H,6H2,1-2H3,(H,12,13). The number of carbonyl (C=O) groups excluding carboxylic acids is 1. The van der Waals surface area contributed by atoms with E-state index < -0.39 is 0 Å². The number of methoxy groups -OCH3 is 1. The minimum atomic E-state index is -0.359. The summed E-state index contributed by atoms with van der Waals surface area (Å²) in [5.74, 6) is 0.815. The van der Waals surface area contributed by atoms with Crippen molar-refractivity contribution in [3.05, 3.63) is 29.3 Å². The quantitative estimate of drug-likeness (QED) is 0.804. The maximum Gasteiger partial charge on any atom is 0.407 e. The minimum absolute atomic E-state index is 0.201. The van der Waals surface area contributed by atoms with Crippen molar-refractivity contribution in [3.8, 4) is 5.75 Å². The lowest BCUT2D eigenvalue weighted by Gasteiger charge is -2.13. The molecule has 1 atom stereocenters. The molecule has 0 spiro atoms. The van der Waals surface area contributed by atoms with Crippen LogP contribution >= 0.6 is 0 Å².